The highest BCUT2D eigenvalue weighted by atomic mass is 80.0. The number of benzene rings is 6. The van der Waals surface area contributed by atoms with Crippen LogP contribution in [0.4, 0.5) is 0 Å². The van der Waals surface area contributed by atoms with Crippen molar-refractivity contribution in [3.05, 3.63) is 244 Å². The molecule has 0 bridgehead atoms. The molecule has 0 fully saturated rings. The van der Waals surface area contributed by atoms with Gasteiger partial charge in [-0.1, -0.05) is 260 Å². The van der Waals surface area contributed by atoms with Gasteiger partial charge in [-0.05, 0) is 155 Å². The first kappa shape index (κ1) is 77.7. The first-order chi connectivity index (χ1) is 47.5. The minimum atomic E-state index is -1.72. The fourth-order valence-corrected chi connectivity index (χ4v) is 9.16. The Morgan fingerprint density at radius 3 is 1.24 bits per heavy atom. The van der Waals surface area contributed by atoms with Crippen molar-refractivity contribution in [2.24, 2.45) is 0 Å². The van der Waals surface area contributed by atoms with Gasteiger partial charge in [-0.25, -0.2) is 0 Å². The van der Waals surface area contributed by atoms with Gasteiger partial charge in [0.2, 0.25) is 38.4 Å². The van der Waals surface area contributed by atoms with E-state index in [0.29, 0.717) is 29.2 Å². The summed E-state index contributed by atoms with van der Waals surface area (Å²) in [4.78, 5) is 0. The summed E-state index contributed by atoms with van der Waals surface area (Å²) in [6.45, 7) is 2.26. The minimum absolute atomic E-state index is 0.0453. The highest BCUT2D eigenvalue weighted by Gasteiger charge is 2.33. The second kappa shape index (κ2) is 35.7. The van der Waals surface area contributed by atoms with Crippen LogP contribution in [0.3, 0.4) is 0 Å². The normalized spacial score (nSPS) is 12.6. The third-order valence-electron chi connectivity index (χ3n) is 12.5. The molecule has 0 N–H and O–H groups in total. The summed E-state index contributed by atoms with van der Waals surface area (Å²) in [7, 11) is 1.64. The van der Waals surface area contributed by atoms with Crippen molar-refractivity contribution in [3.8, 4) is 28.7 Å². The summed E-state index contributed by atoms with van der Waals surface area (Å²) < 4.78 is 40.1. The zero-order chi connectivity index (χ0) is 71.7. The smallest absolute Gasteiger partial charge is 0.268 e. The monoisotopic (exact) mass is 1780 g/mol. The molecule has 0 unspecified atom stereocenters. The van der Waals surface area contributed by atoms with Crippen LogP contribution in [0.2, 0.25) is 0 Å². The minimum Gasteiger partial charge on any atom is -0.497 e. The molecule has 1 aliphatic heterocycles. The quantitative estimate of drug-likeness (QED) is 0.0816. The molecule has 0 radical (unpaired) electrons. The number of furan rings is 1. The maximum Gasteiger partial charge on any atom is 0.268 e. The van der Waals surface area contributed by atoms with E-state index in [2.05, 4.69) is 98.8 Å². The Hall–Kier alpha value is -6.42. The Morgan fingerprint density at radius 2 is 0.770 bits per heavy atom. The molecule has 516 valence electrons. The Labute approximate surface area is 654 Å². The number of halogens is 15. The van der Waals surface area contributed by atoms with Gasteiger partial charge in [0, 0.05) is 35.3 Å². The highest BCUT2D eigenvalue weighted by molar-refractivity contribution is 9.38. The number of nitrogens with zero attached hydrogens (tertiary/aromatic N) is 10. The molecule has 0 aliphatic carbocycles. The molecular weight excluding hydrogens is 1740 g/mol. The zero-order valence-corrected chi connectivity index (χ0v) is 64.6. The number of aromatic nitrogens is 10. The van der Waals surface area contributed by atoms with E-state index >= 15 is 0 Å². The molecule has 0 saturated heterocycles. The Bertz CT molecular complexity index is 4730. The summed E-state index contributed by atoms with van der Waals surface area (Å²) in [5, 5.41) is 38.7. The van der Waals surface area contributed by atoms with Gasteiger partial charge in [-0.2, -0.15) is 0 Å². The lowest BCUT2D eigenvalue weighted by atomic mass is 10.1. The molecule has 6 aromatic heterocycles. The first-order valence-corrected chi connectivity index (χ1v) is 35.1. The summed E-state index contributed by atoms with van der Waals surface area (Å²) >= 11 is 77.7. The molecule has 0 saturated carbocycles. The second-order valence-electron chi connectivity index (χ2n) is 19.9. The van der Waals surface area contributed by atoms with Crippen LogP contribution >= 0.6 is 187 Å². The number of hydrogen-bond donors (Lipinski definition) is 0. The van der Waals surface area contributed by atoms with Gasteiger partial charge in [-0.15, -0.1) is 51.0 Å². The molecule has 34 heteroatoms. The van der Waals surface area contributed by atoms with E-state index in [0.717, 1.165) is 55.8 Å². The van der Waals surface area contributed by atoms with Crippen LogP contribution in [0.5, 0.6) is 17.2 Å². The number of alkyl halides is 15. The maximum atomic E-state index is 5.71. The largest absolute Gasteiger partial charge is 0.497 e. The zero-order valence-electron chi connectivity index (χ0n) is 50.7. The van der Waals surface area contributed by atoms with Crippen molar-refractivity contribution < 1.29 is 40.7 Å². The van der Waals surface area contributed by atoms with Gasteiger partial charge in [0.05, 0.1) is 7.11 Å². The number of para-hydroxylation sites is 1. The van der Waals surface area contributed by atoms with Gasteiger partial charge in [0.1, 0.15) is 17.1 Å². The van der Waals surface area contributed by atoms with Crippen molar-refractivity contribution >= 4 is 259 Å². The van der Waals surface area contributed by atoms with Crippen LogP contribution in [0, 0.1) is 6.92 Å². The number of aryl methyl sites for hydroxylation is 1. The van der Waals surface area contributed by atoms with Gasteiger partial charge in [0.25, 0.3) is 44.6 Å². The Morgan fingerprint density at radius 1 is 0.370 bits per heavy atom. The average Bonchev–Trinajstić information content (AvgIpc) is 1.30. The SMILES string of the molecule is COc1ccc(/C=C/c2nnc(C(Br)(Br)Br)o2)cc1.Cc1ccc(/C=C/c2nnc(C(Cl)(Cl)Cl)o2)cc1.ClC(Cl)(Cl)c1nnc(-c2ccc(/C=C/c3ccccc3)cc2)o1.ClC(Cl)(Cl)c1nnc(/C=C/c2cc3ccccc3o2)o1.ClC(Cl)(Cl)c1nnc(/C=C/c2ccc3c(c2)OCO3)o1. The van der Waals surface area contributed by atoms with E-state index in [1.807, 2.05) is 183 Å². The number of methoxy groups -OCH3 is 1. The summed E-state index contributed by atoms with van der Waals surface area (Å²) in [5.41, 5.74) is 7.89. The van der Waals surface area contributed by atoms with E-state index in [9.17, 15) is 0 Å². The van der Waals surface area contributed by atoms with Crippen LogP contribution in [-0.2, 0) is 17.3 Å². The molecule has 12 aromatic rings. The molecule has 0 spiro atoms. The van der Waals surface area contributed by atoms with Crippen molar-refractivity contribution in [2.45, 2.75) is 24.2 Å². The molecule has 1 aliphatic rings. The lowest BCUT2D eigenvalue weighted by Gasteiger charge is -2.03. The van der Waals surface area contributed by atoms with Crippen LogP contribution < -0.4 is 14.2 Å². The molecule has 7 heterocycles. The summed E-state index contributed by atoms with van der Waals surface area (Å²) in [5.74, 6) is 4.53. The molecular formula is C66H43Br3Cl12N10O9. The van der Waals surface area contributed by atoms with Crippen molar-refractivity contribution in [1.29, 1.82) is 0 Å². The number of rotatable bonds is 12. The standard InChI is InChI=1S/C17H11Cl3N2O.C13H7Cl3N2O2.C12H9Br3N2O2.C12H7Cl3N2O3.C12H9Cl3N2O/c18-17(19,20)16-22-21-15(23-16)14-10-8-13(9-11-14)7-6-12-4-2-1-3-5-12;14-13(15,16)12-18-17-11(20-12)6-5-9-7-8-3-1-2-4-10(8)19-9;1-18-9-5-2-8(3-6-9)4-7-10-16-17-11(19-10)12(13,14)15;13-12(14,15)11-17-16-10(20-11)4-2-7-1-3-8-9(5-7)19-6-18-8;1-8-2-4-9(5-3-8)6-7-10-16-17-11(18-10)12(13,14)15/h1-11H;1-7H;2-7H,1H3;1-5H,6H2;2-7H,1H3/b7-6+;6-5+;7-4+;4-2+;7-6+. The molecule has 0 atom stereocenters. The van der Waals surface area contributed by atoms with Crippen LogP contribution in [0.1, 0.15) is 92.2 Å². The van der Waals surface area contributed by atoms with E-state index < -0.39 is 17.3 Å². The van der Waals surface area contributed by atoms with Crippen molar-refractivity contribution in [2.75, 3.05) is 13.9 Å². The Kier molecular flexibility index (Phi) is 27.7. The van der Waals surface area contributed by atoms with E-state index in [-0.39, 0.29) is 48.0 Å². The van der Waals surface area contributed by atoms with Crippen LogP contribution in [0.15, 0.2) is 178 Å². The fourth-order valence-electron chi connectivity index (χ4n) is 7.76. The van der Waals surface area contributed by atoms with Gasteiger partial charge in [-0.3, -0.25) is 0 Å². The van der Waals surface area contributed by atoms with Gasteiger partial charge in [0.15, 0.2) is 11.5 Å². The molecule has 6 aromatic carbocycles. The fraction of sp³-hybridized carbons (Fsp3) is 0.121. The number of ether oxygens (including phenoxy) is 3. The summed E-state index contributed by atoms with van der Waals surface area (Å²) in [6, 6.07) is 48.5. The number of hydrogen-bond acceptors (Lipinski definition) is 19. The summed E-state index contributed by atoms with van der Waals surface area (Å²) in [6.07, 6.45) is 17.9. The van der Waals surface area contributed by atoms with Crippen LogP contribution in [-0.4, -0.2) is 64.9 Å². The average molecular weight is 1790 g/mol. The highest BCUT2D eigenvalue weighted by Crippen LogP contribution is 2.44. The van der Waals surface area contributed by atoms with E-state index in [1.165, 1.54) is 5.56 Å². The lowest BCUT2D eigenvalue weighted by Crippen LogP contribution is -1.99. The molecule has 19 nitrogen and oxygen atoms in total. The molecule has 100 heavy (non-hydrogen) atoms. The third kappa shape index (κ3) is 24.4. The number of fused-ring (bicyclic) bond motifs is 2. The van der Waals surface area contributed by atoms with Crippen molar-refractivity contribution in [3.63, 3.8) is 0 Å². The molecule has 13 rings (SSSR count). The van der Waals surface area contributed by atoms with E-state index in [1.54, 1.807) is 43.6 Å². The topological polar surface area (TPSA) is 235 Å². The maximum absolute atomic E-state index is 5.71. The van der Waals surface area contributed by atoms with Gasteiger partial charge >= 0.3 is 0 Å². The second-order valence-corrected chi connectivity index (χ2v) is 35.8. The van der Waals surface area contributed by atoms with Crippen LogP contribution in [0.25, 0.3) is 83.2 Å². The lowest BCUT2D eigenvalue weighted by molar-refractivity contribution is 0.174. The van der Waals surface area contributed by atoms with E-state index in [4.69, 9.17) is 180 Å². The molecule has 0 amide bonds. The predicted molar refractivity (Wildman–Crippen MR) is 406 cm³/mol. The first-order valence-electron chi connectivity index (χ1n) is 28.2. The Balaban J connectivity index is 0.000000146. The third-order valence-corrected chi connectivity index (χ3v) is 15.5. The van der Waals surface area contributed by atoms with Gasteiger partial charge < -0.3 is 40.7 Å². The predicted octanol–water partition coefficient (Wildman–Crippen LogP) is 23.3. The van der Waals surface area contributed by atoms with Crippen molar-refractivity contribution in [1.82, 2.24) is 51.0 Å².